The molecule has 1 aromatic carbocycles. The average Bonchev–Trinajstić information content (AvgIpc) is 3.70. The molecule has 3 aromatic rings. The molecule has 1 aliphatic carbocycles. The number of likely N-dealkylation sites (tertiary alicyclic amines) is 1. The van der Waals surface area contributed by atoms with Crippen molar-refractivity contribution in [2.45, 2.75) is 38.1 Å². The number of rotatable bonds is 5. The van der Waals surface area contributed by atoms with Crippen LogP contribution in [0, 0.1) is 5.92 Å². The zero-order valence-electron chi connectivity index (χ0n) is 20.4. The van der Waals surface area contributed by atoms with Crippen molar-refractivity contribution in [1.82, 2.24) is 19.0 Å². The molecule has 3 heterocycles. The van der Waals surface area contributed by atoms with Gasteiger partial charge in [-0.3, -0.25) is 19.1 Å². The summed E-state index contributed by atoms with van der Waals surface area (Å²) >= 11 is 6.06. The van der Waals surface area contributed by atoms with Crippen LogP contribution in [-0.2, 0) is 7.05 Å². The van der Waals surface area contributed by atoms with Gasteiger partial charge in [0.25, 0.3) is 0 Å². The molecule has 0 spiro atoms. The Bertz CT molecular complexity index is 1480. The summed E-state index contributed by atoms with van der Waals surface area (Å²) in [6, 6.07) is 6.25. The molecule has 0 radical (unpaired) electrons. The predicted octanol–water partition coefficient (Wildman–Crippen LogP) is 4.32. The van der Waals surface area contributed by atoms with E-state index >= 15 is 0 Å². The summed E-state index contributed by atoms with van der Waals surface area (Å²) < 4.78 is 44.2. The lowest BCUT2D eigenvalue weighted by molar-refractivity contribution is -0.274. The van der Waals surface area contributed by atoms with Gasteiger partial charge >= 0.3 is 23.5 Å². The number of halogens is 4. The smallest absolute Gasteiger partial charge is 0.406 e. The van der Waals surface area contributed by atoms with Crippen LogP contribution in [-0.4, -0.2) is 51.0 Å². The van der Waals surface area contributed by atoms with E-state index in [1.165, 1.54) is 46.6 Å². The topological polar surface area (TPSA) is 89.7 Å². The van der Waals surface area contributed by atoms with Crippen molar-refractivity contribution in [3.63, 3.8) is 0 Å². The fraction of sp³-hybridized carbons (Fsp3) is 0.440. The number of aromatic nitrogens is 3. The van der Waals surface area contributed by atoms with Crippen LogP contribution in [0.3, 0.4) is 0 Å². The maximum absolute atomic E-state index is 13.5. The van der Waals surface area contributed by atoms with Gasteiger partial charge in [-0.05, 0) is 61.9 Å². The molecule has 13 heteroatoms. The van der Waals surface area contributed by atoms with Crippen molar-refractivity contribution in [3.8, 4) is 5.75 Å². The first kappa shape index (κ1) is 26.1. The number of carbonyl (C=O) groups is 1. The second-order valence-corrected chi connectivity index (χ2v) is 10.1. The predicted molar refractivity (Wildman–Crippen MR) is 135 cm³/mol. The van der Waals surface area contributed by atoms with Gasteiger partial charge < -0.3 is 14.2 Å². The van der Waals surface area contributed by atoms with Crippen LogP contribution in [0.1, 0.15) is 31.7 Å². The molecule has 1 aliphatic heterocycles. The van der Waals surface area contributed by atoms with E-state index in [1.54, 1.807) is 15.9 Å². The van der Waals surface area contributed by atoms with Crippen LogP contribution in [0.2, 0.25) is 5.02 Å². The zero-order valence-corrected chi connectivity index (χ0v) is 21.2. The number of pyridine rings is 1. The summed E-state index contributed by atoms with van der Waals surface area (Å²) in [5.74, 6) is -0.0200. The molecule has 2 fully saturated rings. The van der Waals surface area contributed by atoms with Crippen molar-refractivity contribution < 1.29 is 22.7 Å². The Morgan fingerprint density at radius 3 is 2.37 bits per heavy atom. The first-order valence-corrected chi connectivity index (χ1v) is 12.6. The summed E-state index contributed by atoms with van der Waals surface area (Å²) in [5.41, 5.74) is -0.102. The van der Waals surface area contributed by atoms with E-state index in [-0.39, 0.29) is 17.8 Å². The Balaban J connectivity index is 1.35. The lowest BCUT2D eigenvalue weighted by Crippen LogP contribution is -2.49. The number of hydrogen-bond donors (Lipinski definition) is 0. The molecule has 5 rings (SSSR count). The Morgan fingerprint density at radius 2 is 1.76 bits per heavy atom. The minimum atomic E-state index is -4.80. The van der Waals surface area contributed by atoms with Crippen LogP contribution < -0.4 is 20.8 Å². The number of urea groups is 1. The lowest BCUT2D eigenvalue weighted by Gasteiger charge is -2.36. The van der Waals surface area contributed by atoms with Crippen molar-refractivity contribution in [2.75, 3.05) is 24.5 Å². The highest BCUT2D eigenvalue weighted by molar-refractivity contribution is 6.31. The van der Waals surface area contributed by atoms with E-state index in [2.05, 4.69) is 9.72 Å². The molecule has 2 aromatic heterocycles. The van der Waals surface area contributed by atoms with E-state index in [4.69, 9.17) is 11.6 Å². The van der Waals surface area contributed by atoms with Gasteiger partial charge in [-0.2, -0.15) is 0 Å². The van der Waals surface area contributed by atoms with Crippen LogP contribution in [0.25, 0.3) is 11.2 Å². The van der Waals surface area contributed by atoms with Gasteiger partial charge in [-0.25, -0.2) is 9.78 Å². The number of amides is 2. The molecule has 1 saturated carbocycles. The van der Waals surface area contributed by atoms with Crippen LogP contribution in [0.15, 0.2) is 46.1 Å². The molecule has 0 bridgehead atoms. The Kier molecular flexibility index (Phi) is 6.84. The quantitative estimate of drug-likeness (QED) is 0.441. The van der Waals surface area contributed by atoms with Crippen LogP contribution in [0.4, 0.5) is 23.7 Å². The van der Waals surface area contributed by atoms with Crippen LogP contribution in [0.5, 0.6) is 5.75 Å². The van der Waals surface area contributed by atoms with E-state index in [0.717, 1.165) is 12.8 Å². The first-order valence-electron chi connectivity index (χ1n) is 12.2. The van der Waals surface area contributed by atoms with Crippen molar-refractivity contribution in [2.24, 2.45) is 13.0 Å². The van der Waals surface area contributed by atoms with Gasteiger partial charge in [0.15, 0.2) is 5.65 Å². The molecule has 0 N–H and O–H groups in total. The summed E-state index contributed by atoms with van der Waals surface area (Å²) in [4.78, 5) is 46.6. The van der Waals surface area contributed by atoms with Crippen molar-refractivity contribution in [3.05, 3.63) is 62.3 Å². The number of nitrogens with zero attached hydrogens (tertiary/aromatic N) is 5. The third kappa shape index (κ3) is 5.35. The number of benzene rings is 1. The maximum atomic E-state index is 13.5. The number of piperidine rings is 1. The standard InChI is InChI=1S/C25H25ClF3N5O4/c1-31-20-12-16(26)13-30-21(20)34(23(36)22(31)35)18-8-10-32(11-9-18)24(37)33(14-15-2-3-15)17-4-6-19(7-5-17)38-25(27,28)29/h4-7,12-13,15,18H,2-3,8-11,14H2,1H3. The Labute approximate surface area is 220 Å². The molecule has 202 valence electrons. The SMILES string of the molecule is Cn1c(=O)c(=O)n(C2CCN(C(=O)N(CC3CC3)c3ccc(OC(F)(F)F)cc3)CC2)c2ncc(Cl)cc21. The van der Waals surface area contributed by atoms with Crippen molar-refractivity contribution >= 4 is 34.5 Å². The van der Waals surface area contributed by atoms with E-state index in [0.29, 0.717) is 60.3 Å². The minimum Gasteiger partial charge on any atom is -0.406 e. The van der Waals surface area contributed by atoms with E-state index in [9.17, 15) is 27.6 Å². The fourth-order valence-electron chi connectivity index (χ4n) is 4.81. The Hall–Kier alpha value is -3.54. The summed E-state index contributed by atoms with van der Waals surface area (Å²) in [7, 11) is 1.49. The molecule has 0 atom stereocenters. The third-order valence-corrected chi connectivity index (χ3v) is 7.17. The molecular weight excluding hydrogens is 527 g/mol. The lowest BCUT2D eigenvalue weighted by atomic mass is 10.0. The number of hydrogen-bond acceptors (Lipinski definition) is 5. The van der Waals surface area contributed by atoms with E-state index < -0.39 is 17.5 Å². The molecule has 2 aliphatic rings. The second-order valence-electron chi connectivity index (χ2n) is 9.63. The van der Waals surface area contributed by atoms with Crippen LogP contribution >= 0.6 is 11.6 Å². The average molecular weight is 552 g/mol. The normalized spacial score (nSPS) is 16.6. The molecule has 38 heavy (non-hydrogen) atoms. The molecule has 1 saturated heterocycles. The van der Waals surface area contributed by atoms with Gasteiger partial charge in [0.2, 0.25) is 0 Å². The van der Waals surface area contributed by atoms with Crippen molar-refractivity contribution in [1.29, 1.82) is 0 Å². The number of fused-ring (bicyclic) bond motifs is 1. The molecule has 2 amide bonds. The van der Waals surface area contributed by atoms with Gasteiger partial charge in [0.1, 0.15) is 5.75 Å². The van der Waals surface area contributed by atoms with Gasteiger partial charge in [0.05, 0.1) is 10.5 Å². The highest BCUT2D eigenvalue weighted by Gasteiger charge is 2.34. The number of aryl methyl sites for hydroxylation is 1. The minimum absolute atomic E-state index is 0.258. The highest BCUT2D eigenvalue weighted by Crippen LogP contribution is 2.34. The van der Waals surface area contributed by atoms with E-state index in [1.807, 2.05) is 0 Å². The molecule has 9 nitrogen and oxygen atoms in total. The Morgan fingerprint density at radius 1 is 1.11 bits per heavy atom. The summed E-state index contributed by atoms with van der Waals surface area (Å²) in [6.07, 6.45) is -0.562. The second kappa shape index (κ2) is 9.97. The molecule has 0 unspecified atom stereocenters. The van der Waals surface area contributed by atoms with Gasteiger partial charge in [-0.1, -0.05) is 11.6 Å². The molecular formula is C25H25ClF3N5O4. The zero-order chi connectivity index (χ0) is 27.2. The highest BCUT2D eigenvalue weighted by atomic mass is 35.5. The number of anilines is 1. The van der Waals surface area contributed by atoms with Gasteiger partial charge in [-0.15, -0.1) is 13.2 Å². The number of carbonyl (C=O) groups excluding carboxylic acids is 1. The maximum Gasteiger partial charge on any atom is 0.573 e. The number of ether oxygens (including phenoxy) is 1. The number of alkyl halides is 3. The summed E-state index contributed by atoms with van der Waals surface area (Å²) in [6.45, 7) is 1.12. The van der Waals surface area contributed by atoms with Gasteiger partial charge in [0, 0.05) is 44.6 Å². The summed E-state index contributed by atoms with van der Waals surface area (Å²) in [5, 5.41) is 0.340. The fourth-order valence-corrected chi connectivity index (χ4v) is 4.96. The monoisotopic (exact) mass is 551 g/mol. The third-order valence-electron chi connectivity index (χ3n) is 6.96. The largest absolute Gasteiger partial charge is 0.573 e. The first-order chi connectivity index (χ1) is 18.0.